The Kier molecular flexibility index (Phi) is 2.82. The number of nitrogens with zero attached hydrogens (tertiary/aromatic N) is 1. The molecule has 106 valence electrons. The van der Waals surface area contributed by atoms with Crippen molar-refractivity contribution in [1.29, 1.82) is 0 Å². The molecule has 0 spiro atoms. The summed E-state index contributed by atoms with van der Waals surface area (Å²) in [6, 6.07) is 20.5. The largest absolute Gasteiger partial charge is 0.358 e. The number of ether oxygens (including phenoxy) is 1. The monoisotopic (exact) mass is 279 g/mol. The Hall–Kier alpha value is -2.13. The van der Waals surface area contributed by atoms with Crippen LogP contribution in [0.15, 0.2) is 60.7 Å². The fraction of sp³-hybridized carbons (Fsp3) is 0.278. The first-order valence-corrected chi connectivity index (χ1v) is 7.29. The molecule has 0 aliphatic carbocycles. The third-order valence-electron chi connectivity index (χ3n) is 4.65. The highest BCUT2D eigenvalue weighted by molar-refractivity contribution is 5.86. The topological polar surface area (TPSA) is 29.5 Å². The molecule has 2 heterocycles. The van der Waals surface area contributed by atoms with Gasteiger partial charge in [-0.2, -0.15) is 0 Å². The summed E-state index contributed by atoms with van der Waals surface area (Å²) in [5, 5.41) is 0. The number of fused-ring (bicyclic) bond motifs is 2. The van der Waals surface area contributed by atoms with Gasteiger partial charge in [0.25, 0.3) is 5.91 Å². The Morgan fingerprint density at radius 1 is 0.857 bits per heavy atom. The molecule has 0 aromatic heterocycles. The lowest BCUT2D eigenvalue weighted by molar-refractivity contribution is -0.148. The number of benzene rings is 2. The van der Waals surface area contributed by atoms with Gasteiger partial charge in [0.2, 0.25) is 0 Å². The zero-order valence-electron chi connectivity index (χ0n) is 11.8. The number of rotatable bonds is 2. The molecule has 2 aromatic carbocycles. The summed E-state index contributed by atoms with van der Waals surface area (Å²) in [4.78, 5) is 14.2. The Morgan fingerprint density at radius 3 is 2.05 bits per heavy atom. The van der Waals surface area contributed by atoms with Crippen molar-refractivity contribution in [3.63, 3.8) is 0 Å². The summed E-state index contributed by atoms with van der Waals surface area (Å²) in [6.07, 6.45) is -0.392. The van der Waals surface area contributed by atoms with E-state index < -0.39 is 0 Å². The van der Waals surface area contributed by atoms with Gasteiger partial charge >= 0.3 is 0 Å². The van der Waals surface area contributed by atoms with Crippen LogP contribution >= 0.6 is 0 Å². The SMILES string of the molecule is CN1C(=O)[C@@H]2O[C@@H](c3ccccc3)[C@H]1[C@H]2c1ccccc1. The zero-order valence-corrected chi connectivity index (χ0v) is 11.8. The van der Waals surface area contributed by atoms with Gasteiger partial charge in [-0.1, -0.05) is 60.7 Å². The second-order valence-corrected chi connectivity index (χ2v) is 5.76. The Labute approximate surface area is 124 Å². The smallest absolute Gasteiger partial charge is 0.252 e. The molecule has 0 N–H and O–H groups in total. The second kappa shape index (κ2) is 4.71. The van der Waals surface area contributed by atoms with Gasteiger partial charge in [0.15, 0.2) is 0 Å². The number of hydrogen-bond acceptors (Lipinski definition) is 2. The summed E-state index contributed by atoms with van der Waals surface area (Å²) in [5.74, 6) is 0.218. The van der Waals surface area contributed by atoms with Crippen LogP contribution in [0, 0.1) is 0 Å². The van der Waals surface area contributed by atoms with Crippen molar-refractivity contribution in [3.05, 3.63) is 71.8 Å². The zero-order chi connectivity index (χ0) is 14.4. The number of carbonyl (C=O) groups excluding carboxylic acids is 1. The molecule has 2 aromatic rings. The van der Waals surface area contributed by atoms with Crippen molar-refractivity contribution in [1.82, 2.24) is 4.90 Å². The molecule has 3 heteroatoms. The maximum atomic E-state index is 12.3. The van der Waals surface area contributed by atoms with Crippen LogP contribution in [-0.2, 0) is 9.53 Å². The van der Waals surface area contributed by atoms with Crippen molar-refractivity contribution in [2.75, 3.05) is 7.05 Å². The Bertz CT molecular complexity index is 655. The number of hydrogen-bond donors (Lipinski definition) is 0. The molecule has 2 fully saturated rings. The summed E-state index contributed by atoms with van der Waals surface area (Å²) in [7, 11) is 1.89. The molecule has 0 unspecified atom stereocenters. The van der Waals surface area contributed by atoms with Crippen LogP contribution < -0.4 is 0 Å². The van der Waals surface area contributed by atoms with Crippen molar-refractivity contribution in [2.45, 2.75) is 24.2 Å². The van der Waals surface area contributed by atoms with Gasteiger partial charge in [-0.25, -0.2) is 0 Å². The van der Waals surface area contributed by atoms with E-state index in [0.29, 0.717) is 0 Å². The van der Waals surface area contributed by atoms with Gasteiger partial charge in [0, 0.05) is 13.0 Å². The second-order valence-electron chi connectivity index (χ2n) is 5.76. The van der Waals surface area contributed by atoms with Gasteiger partial charge in [-0.3, -0.25) is 4.79 Å². The van der Waals surface area contributed by atoms with E-state index in [1.165, 1.54) is 5.56 Å². The first kappa shape index (κ1) is 12.6. The average molecular weight is 279 g/mol. The van der Waals surface area contributed by atoms with Gasteiger partial charge in [0.05, 0.1) is 6.04 Å². The van der Waals surface area contributed by atoms with Gasteiger partial charge in [0.1, 0.15) is 12.2 Å². The van der Waals surface area contributed by atoms with Gasteiger partial charge in [-0.05, 0) is 11.1 Å². The fourth-order valence-corrected chi connectivity index (χ4v) is 3.66. The molecule has 21 heavy (non-hydrogen) atoms. The van der Waals surface area contributed by atoms with Gasteiger partial charge < -0.3 is 9.64 Å². The fourth-order valence-electron chi connectivity index (χ4n) is 3.66. The molecule has 3 nitrogen and oxygen atoms in total. The van der Waals surface area contributed by atoms with E-state index in [1.54, 1.807) is 0 Å². The van der Waals surface area contributed by atoms with Crippen LogP contribution in [0.5, 0.6) is 0 Å². The van der Waals surface area contributed by atoms with E-state index in [9.17, 15) is 4.79 Å². The minimum Gasteiger partial charge on any atom is -0.358 e. The van der Waals surface area contributed by atoms with Crippen molar-refractivity contribution < 1.29 is 9.53 Å². The van der Waals surface area contributed by atoms with E-state index in [1.807, 2.05) is 48.3 Å². The van der Waals surface area contributed by atoms with Crippen molar-refractivity contribution in [3.8, 4) is 0 Å². The number of amides is 1. The maximum absolute atomic E-state index is 12.3. The molecule has 2 aliphatic rings. The average Bonchev–Trinajstić information content (AvgIpc) is 3.04. The summed E-state index contributed by atoms with van der Waals surface area (Å²) < 4.78 is 6.10. The van der Waals surface area contributed by atoms with Crippen molar-refractivity contribution in [2.24, 2.45) is 0 Å². The minimum absolute atomic E-state index is 0.0379. The third kappa shape index (κ3) is 1.81. The lowest BCUT2D eigenvalue weighted by Crippen LogP contribution is -2.40. The molecule has 0 saturated carbocycles. The highest BCUT2D eigenvalue weighted by atomic mass is 16.5. The number of likely N-dealkylation sites (tertiary alicyclic amines) is 1. The Morgan fingerprint density at radius 2 is 1.43 bits per heavy atom. The number of morpholine rings is 1. The van der Waals surface area contributed by atoms with Crippen LogP contribution in [0.25, 0.3) is 0 Å². The van der Waals surface area contributed by atoms with Crippen LogP contribution in [-0.4, -0.2) is 30.0 Å². The number of likely N-dealkylation sites (N-methyl/N-ethyl adjacent to an activating group) is 1. The van der Waals surface area contributed by atoms with Crippen LogP contribution in [0.1, 0.15) is 23.1 Å². The number of carbonyl (C=O) groups is 1. The highest BCUT2D eigenvalue weighted by Gasteiger charge is 2.58. The third-order valence-corrected chi connectivity index (χ3v) is 4.65. The molecule has 1 amide bonds. The predicted molar refractivity (Wildman–Crippen MR) is 79.8 cm³/mol. The lowest BCUT2D eigenvalue weighted by Gasteiger charge is -2.30. The molecule has 2 aliphatic heterocycles. The molecule has 2 bridgehead atoms. The van der Waals surface area contributed by atoms with E-state index in [-0.39, 0.29) is 30.1 Å². The first-order chi connectivity index (χ1) is 10.3. The molecule has 4 atom stereocenters. The summed E-state index contributed by atoms with van der Waals surface area (Å²) in [6.45, 7) is 0. The molecule has 4 rings (SSSR count). The Balaban J connectivity index is 1.75. The van der Waals surface area contributed by atoms with Crippen LogP contribution in [0.4, 0.5) is 0 Å². The highest BCUT2D eigenvalue weighted by Crippen LogP contribution is 2.50. The van der Waals surface area contributed by atoms with Gasteiger partial charge in [-0.15, -0.1) is 0 Å². The van der Waals surface area contributed by atoms with E-state index in [0.717, 1.165) is 5.56 Å². The lowest BCUT2D eigenvalue weighted by atomic mass is 9.88. The van der Waals surface area contributed by atoms with E-state index in [4.69, 9.17) is 4.74 Å². The normalized spacial score (nSPS) is 30.9. The summed E-state index contributed by atoms with van der Waals surface area (Å²) >= 11 is 0. The molecule has 2 saturated heterocycles. The first-order valence-electron chi connectivity index (χ1n) is 7.29. The van der Waals surface area contributed by atoms with Crippen LogP contribution in [0.2, 0.25) is 0 Å². The van der Waals surface area contributed by atoms with E-state index >= 15 is 0 Å². The predicted octanol–water partition coefficient (Wildman–Crippen LogP) is 2.75. The van der Waals surface area contributed by atoms with Crippen LogP contribution in [0.3, 0.4) is 0 Å². The molecular weight excluding hydrogens is 262 g/mol. The standard InChI is InChI=1S/C18H17NO2/c1-19-15-14(12-8-4-2-5-9-12)17(18(19)20)21-16(15)13-10-6-3-7-11-13/h2-11,14-17H,1H3/t14-,15-,16+,17-/m1/s1. The molecular formula is C18H17NO2. The van der Waals surface area contributed by atoms with Crippen molar-refractivity contribution >= 4 is 5.91 Å². The minimum atomic E-state index is -0.354. The summed E-state index contributed by atoms with van der Waals surface area (Å²) in [5.41, 5.74) is 2.33. The molecule has 0 radical (unpaired) electrons. The van der Waals surface area contributed by atoms with E-state index in [2.05, 4.69) is 24.3 Å². The quantitative estimate of drug-likeness (QED) is 0.846. The maximum Gasteiger partial charge on any atom is 0.252 e.